The monoisotopic (exact) mass is 390 g/mol. The van der Waals surface area contributed by atoms with E-state index in [9.17, 15) is 13.2 Å². The van der Waals surface area contributed by atoms with Crippen molar-refractivity contribution in [2.24, 2.45) is 0 Å². The minimum atomic E-state index is -3.29. The first-order valence-electron chi connectivity index (χ1n) is 8.90. The zero-order valence-corrected chi connectivity index (χ0v) is 16.5. The van der Waals surface area contributed by atoms with Crippen molar-refractivity contribution < 1.29 is 17.9 Å². The summed E-state index contributed by atoms with van der Waals surface area (Å²) >= 11 is 0. The predicted molar refractivity (Wildman–Crippen MR) is 107 cm³/mol. The summed E-state index contributed by atoms with van der Waals surface area (Å²) in [4.78, 5) is 12.1. The average Bonchev–Trinajstić information content (AvgIpc) is 2.64. The summed E-state index contributed by atoms with van der Waals surface area (Å²) in [5, 5.41) is 2.78. The number of amides is 1. The Labute approximate surface area is 161 Å². The average molecular weight is 391 g/mol. The number of sulfonamides is 1. The molecule has 1 N–H and O–H groups in total. The molecule has 0 fully saturated rings. The molecule has 0 bridgehead atoms. The molecule has 0 aliphatic carbocycles. The smallest absolute Gasteiger partial charge is 0.225 e. The lowest BCUT2D eigenvalue weighted by Crippen LogP contribution is -2.33. The minimum Gasteiger partial charge on any atom is -0.489 e. The molecule has 0 heterocycles. The number of anilines is 1. The first kappa shape index (κ1) is 20.9. The van der Waals surface area contributed by atoms with Crippen LogP contribution in [0.5, 0.6) is 5.75 Å². The summed E-state index contributed by atoms with van der Waals surface area (Å²) in [6.45, 7) is 2.97. The topological polar surface area (TPSA) is 75.7 Å². The van der Waals surface area contributed by atoms with Crippen molar-refractivity contribution in [3.63, 3.8) is 0 Å². The number of nitrogens with one attached hydrogen (secondary N) is 1. The number of carbonyl (C=O) groups excluding carboxylic acids is 1. The van der Waals surface area contributed by atoms with Gasteiger partial charge in [-0.25, -0.2) is 12.7 Å². The van der Waals surface area contributed by atoms with Crippen LogP contribution in [-0.2, 0) is 21.4 Å². The molecule has 27 heavy (non-hydrogen) atoms. The standard InChI is InChI=1S/C20H26N2O4S/c1-3-14-22(27(2,24)25)15-13-20(23)21-18-9-11-19(12-10-18)26-16-17-7-5-4-6-8-17/h4-12H,3,13-16H2,1-2H3,(H,21,23). The van der Waals surface area contributed by atoms with Gasteiger partial charge < -0.3 is 10.1 Å². The third-order valence-corrected chi connectivity index (χ3v) is 5.22. The summed E-state index contributed by atoms with van der Waals surface area (Å²) in [5.74, 6) is 0.487. The number of carbonyl (C=O) groups is 1. The highest BCUT2D eigenvalue weighted by Gasteiger charge is 2.16. The van der Waals surface area contributed by atoms with Crippen LogP contribution in [0.2, 0.25) is 0 Å². The Morgan fingerprint density at radius 3 is 2.30 bits per heavy atom. The maximum Gasteiger partial charge on any atom is 0.225 e. The molecule has 0 saturated carbocycles. The van der Waals surface area contributed by atoms with Gasteiger partial charge in [0, 0.05) is 25.2 Å². The summed E-state index contributed by atoms with van der Waals surface area (Å²) in [6.07, 6.45) is 1.98. The molecule has 2 aromatic carbocycles. The van der Waals surface area contributed by atoms with Crippen LogP contribution < -0.4 is 10.1 Å². The zero-order valence-electron chi connectivity index (χ0n) is 15.7. The van der Waals surface area contributed by atoms with E-state index in [1.165, 1.54) is 4.31 Å². The van der Waals surface area contributed by atoms with E-state index in [1.807, 2.05) is 37.3 Å². The van der Waals surface area contributed by atoms with E-state index in [4.69, 9.17) is 4.74 Å². The second kappa shape index (κ2) is 10.1. The normalized spacial score (nSPS) is 11.4. The molecule has 1 amide bonds. The summed E-state index contributed by atoms with van der Waals surface area (Å²) < 4.78 is 30.4. The largest absolute Gasteiger partial charge is 0.489 e. The number of ether oxygens (including phenoxy) is 1. The van der Waals surface area contributed by atoms with Crippen molar-refractivity contribution in [3.8, 4) is 5.75 Å². The molecule has 0 spiro atoms. The van der Waals surface area contributed by atoms with Crippen LogP contribution in [0, 0.1) is 0 Å². The first-order chi connectivity index (χ1) is 12.9. The fourth-order valence-corrected chi connectivity index (χ4v) is 3.46. The van der Waals surface area contributed by atoms with Crippen molar-refractivity contribution in [1.29, 1.82) is 0 Å². The zero-order chi connectivity index (χ0) is 19.7. The van der Waals surface area contributed by atoms with Crippen molar-refractivity contribution >= 4 is 21.6 Å². The van der Waals surface area contributed by atoms with E-state index >= 15 is 0 Å². The van der Waals surface area contributed by atoms with Crippen LogP contribution in [0.1, 0.15) is 25.3 Å². The van der Waals surface area contributed by atoms with Crippen molar-refractivity contribution in [3.05, 3.63) is 60.2 Å². The number of nitrogens with zero attached hydrogens (tertiary/aromatic N) is 1. The van der Waals surface area contributed by atoms with E-state index < -0.39 is 10.0 Å². The molecule has 2 rings (SSSR count). The Morgan fingerprint density at radius 2 is 1.70 bits per heavy atom. The van der Waals surface area contributed by atoms with Crippen molar-refractivity contribution in [2.75, 3.05) is 24.7 Å². The Hall–Kier alpha value is -2.38. The molecule has 7 heteroatoms. The molecule has 146 valence electrons. The van der Waals surface area contributed by atoms with Gasteiger partial charge in [0.15, 0.2) is 0 Å². The van der Waals surface area contributed by atoms with Crippen LogP contribution in [0.15, 0.2) is 54.6 Å². The molecule has 0 saturated heterocycles. The molecular weight excluding hydrogens is 364 g/mol. The number of hydrogen-bond donors (Lipinski definition) is 1. The molecule has 2 aromatic rings. The van der Waals surface area contributed by atoms with Gasteiger partial charge in [-0.3, -0.25) is 4.79 Å². The molecule has 0 radical (unpaired) electrons. The van der Waals surface area contributed by atoms with E-state index in [1.54, 1.807) is 24.3 Å². The highest BCUT2D eigenvalue weighted by atomic mass is 32.2. The second-order valence-electron chi connectivity index (χ2n) is 6.26. The molecule has 0 aliphatic rings. The highest BCUT2D eigenvalue weighted by Crippen LogP contribution is 2.17. The summed E-state index contributed by atoms with van der Waals surface area (Å²) in [6, 6.07) is 17.0. The van der Waals surface area contributed by atoms with Gasteiger partial charge in [0.05, 0.1) is 6.26 Å². The van der Waals surface area contributed by atoms with Gasteiger partial charge in [-0.2, -0.15) is 0 Å². The minimum absolute atomic E-state index is 0.110. The Bertz CT molecular complexity index is 821. The SMILES string of the molecule is CCCN(CCC(=O)Nc1ccc(OCc2ccccc2)cc1)S(C)(=O)=O. The summed E-state index contributed by atoms with van der Waals surface area (Å²) in [5.41, 5.74) is 1.73. The third kappa shape index (κ3) is 7.40. The van der Waals surface area contributed by atoms with Crippen molar-refractivity contribution in [2.45, 2.75) is 26.4 Å². The van der Waals surface area contributed by atoms with Gasteiger partial charge >= 0.3 is 0 Å². The quantitative estimate of drug-likeness (QED) is 0.676. The Kier molecular flexibility index (Phi) is 7.82. The van der Waals surface area contributed by atoms with Crippen LogP contribution in [0.3, 0.4) is 0 Å². The lowest BCUT2D eigenvalue weighted by molar-refractivity contribution is -0.116. The van der Waals surface area contributed by atoms with Gasteiger partial charge in [0.1, 0.15) is 12.4 Å². The van der Waals surface area contributed by atoms with E-state index in [2.05, 4.69) is 5.32 Å². The Morgan fingerprint density at radius 1 is 1.04 bits per heavy atom. The lowest BCUT2D eigenvalue weighted by Gasteiger charge is -2.18. The predicted octanol–water partition coefficient (Wildman–Crippen LogP) is 3.27. The van der Waals surface area contributed by atoms with Gasteiger partial charge in [0.25, 0.3) is 0 Å². The molecular formula is C20H26N2O4S. The number of rotatable bonds is 10. The van der Waals surface area contributed by atoms with E-state index in [0.29, 0.717) is 31.0 Å². The van der Waals surface area contributed by atoms with E-state index in [-0.39, 0.29) is 18.9 Å². The van der Waals surface area contributed by atoms with Gasteiger partial charge in [-0.1, -0.05) is 37.3 Å². The van der Waals surface area contributed by atoms with Crippen LogP contribution in [0.25, 0.3) is 0 Å². The van der Waals surface area contributed by atoms with Gasteiger partial charge in [-0.15, -0.1) is 0 Å². The number of hydrogen-bond acceptors (Lipinski definition) is 4. The molecule has 0 atom stereocenters. The van der Waals surface area contributed by atoms with Crippen LogP contribution >= 0.6 is 0 Å². The third-order valence-electron chi connectivity index (χ3n) is 3.92. The second-order valence-corrected chi connectivity index (χ2v) is 8.24. The Balaban J connectivity index is 1.82. The highest BCUT2D eigenvalue weighted by molar-refractivity contribution is 7.88. The molecule has 6 nitrogen and oxygen atoms in total. The maximum atomic E-state index is 12.1. The van der Waals surface area contributed by atoms with Crippen molar-refractivity contribution in [1.82, 2.24) is 4.31 Å². The molecule has 0 unspecified atom stereocenters. The molecule has 0 aromatic heterocycles. The van der Waals surface area contributed by atoms with Gasteiger partial charge in [0.2, 0.25) is 15.9 Å². The fourth-order valence-electron chi connectivity index (χ4n) is 2.52. The maximum absolute atomic E-state index is 12.1. The van der Waals surface area contributed by atoms with Gasteiger partial charge in [-0.05, 0) is 36.2 Å². The fraction of sp³-hybridized carbons (Fsp3) is 0.350. The van der Waals surface area contributed by atoms with Crippen LogP contribution in [-0.4, -0.2) is 38.0 Å². The number of benzene rings is 2. The molecule has 0 aliphatic heterocycles. The first-order valence-corrected chi connectivity index (χ1v) is 10.7. The van der Waals surface area contributed by atoms with Crippen LogP contribution in [0.4, 0.5) is 5.69 Å². The van der Waals surface area contributed by atoms with E-state index in [0.717, 1.165) is 11.8 Å². The summed E-state index contributed by atoms with van der Waals surface area (Å²) in [7, 11) is -3.29. The lowest BCUT2D eigenvalue weighted by atomic mass is 10.2.